The van der Waals surface area contributed by atoms with E-state index >= 15 is 0 Å². The Morgan fingerprint density at radius 1 is 1.17 bits per heavy atom. The summed E-state index contributed by atoms with van der Waals surface area (Å²) in [6.45, 7) is 2.64. The van der Waals surface area contributed by atoms with Crippen LogP contribution >= 0.6 is 0 Å². The summed E-state index contributed by atoms with van der Waals surface area (Å²) < 4.78 is 31.0. The third kappa shape index (κ3) is 5.77. The maximum absolute atomic E-state index is 12.5. The zero-order chi connectivity index (χ0) is 22.3. The predicted molar refractivity (Wildman–Crippen MR) is 113 cm³/mol. The highest BCUT2D eigenvalue weighted by Crippen LogP contribution is 2.22. The number of nitrogens with zero attached hydrogens (tertiary/aromatic N) is 3. The van der Waals surface area contributed by atoms with E-state index in [0.717, 1.165) is 4.31 Å². The van der Waals surface area contributed by atoms with Gasteiger partial charge in [-0.25, -0.2) is 13.8 Å². The molecule has 0 heterocycles. The van der Waals surface area contributed by atoms with E-state index in [0.29, 0.717) is 22.7 Å². The second kappa shape index (κ2) is 9.83. The molecule has 0 aliphatic carbocycles. The first-order chi connectivity index (χ1) is 14.2. The average Bonchev–Trinajstić information content (AvgIpc) is 2.75. The zero-order valence-corrected chi connectivity index (χ0v) is 17.5. The molecule has 2 aromatic carbocycles. The fraction of sp³-hybridized carbons (Fsp3) is 0.263. The summed E-state index contributed by atoms with van der Waals surface area (Å²) >= 11 is 0. The van der Waals surface area contributed by atoms with Crippen LogP contribution in [0.25, 0.3) is 0 Å². The molecule has 10 nitrogen and oxygen atoms in total. The molecular formula is C19H22N4O6S. The minimum atomic E-state index is -3.71. The van der Waals surface area contributed by atoms with Gasteiger partial charge < -0.3 is 4.74 Å². The van der Waals surface area contributed by atoms with E-state index in [-0.39, 0.29) is 11.4 Å². The Labute approximate surface area is 174 Å². The number of amides is 1. The molecule has 0 bridgehead atoms. The summed E-state index contributed by atoms with van der Waals surface area (Å²) in [6, 6.07) is 12.0. The molecule has 0 radical (unpaired) electrons. The zero-order valence-electron chi connectivity index (χ0n) is 16.7. The Bertz CT molecular complexity index is 1030. The number of non-ortho nitro benzene ring substituents is 1. The van der Waals surface area contributed by atoms with Gasteiger partial charge in [0.1, 0.15) is 12.3 Å². The summed E-state index contributed by atoms with van der Waals surface area (Å²) in [7, 11) is -2.22. The number of nitrogens with one attached hydrogen (secondary N) is 1. The standard InChI is InChI=1S/C19H22N4O6S/c1-4-30(27,28)22(16-9-11-18(29-3)12-10-16)13-19(24)21-20-14(2)15-5-7-17(8-6-15)23(25)26/h5-12H,4,13H2,1-3H3,(H,21,24)/b20-14-. The Morgan fingerprint density at radius 3 is 2.27 bits per heavy atom. The molecule has 30 heavy (non-hydrogen) atoms. The van der Waals surface area contributed by atoms with Gasteiger partial charge in [0.2, 0.25) is 10.0 Å². The van der Waals surface area contributed by atoms with E-state index in [2.05, 4.69) is 10.5 Å². The van der Waals surface area contributed by atoms with Gasteiger partial charge in [0, 0.05) is 12.1 Å². The van der Waals surface area contributed by atoms with E-state index in [4.69, 9.17) is 4.74 Å². The van der Waals surface area contributed by atoms with Crippen LogP contribution in [0.1, 0.15) is 19.4 Å². The normalized spacial score (nSPS) is 11.6. The van der Waals surface area contributed by atoms with E-state index in [1.807, 2.05) is 0 Å². The summed E-state index contributed by atoms with van der Waals surface area (Å²) in [5.41, 5.74) is 3.57. The first-order valence-corrected chi connectivity index (χ1v) is 10.5. The van der Waals surface area contributed by atoms with E-state index in [9.17, 15) is 23.3 Å². The van der Waals surface area contributed by atoms with Gasteiger partial charge in [0.15, 0.2) is 0 Å². The third-order valence-electron chi connectivity index (χ3n) is 4.19. The largest absolute Gasteiger partial charge is 0.497 e. The van der Waals surface area contributed by atoms with Crippen LogP contribution in [0.3, 0.4) is 0 Å². The molecular weight excluding hydrogens is 412 g/mol. The van der Waals surface area contributed by atoms with Crippen molar-refractivity contribution in [2.45, 2.75) is 13.8 Å². The van der Waals surface area contributed by atoms with Crippen molar-refractivity contribution in [2.75, 3.05) is 23.7 Å². The van der Waals surface area contributed by atoms with Crippen LogP contribution < -0.4 is 14.5 Å². The molecule has 0 saturated carbocycles. The van der Waals surface area contributed by atoms with Crippen molar-refractivity contribution in [1.82, 2.24) is 5.43 Å². The Balaban J connectivity index is 2.14. The van der Waals surface area contributed by atoms with E-state index < -0.39 is 27.4 Å². The van der Waals surface area contributed by atoms with E-state index in [1.165, 1.54) is 38.3 Å². The van der Waals surface area contributed by atoms with Gasteiger partial charge in [-0.1, -0.05) is 0 Å². The average molecular weight is 434 g/mol. The van der Waals surface area contributed by atoms with Crippen LogP contribution in [0, 0.1) is 10.1 Å². The molecule has 2 aromatic rings. The molecule has 0 fully saturated rings. The Morgan fingerprint density at radius 2 is 1.77 bits per heavy atom. The number of carbonyl (C=O) groups is 1. The predicted octanol–water partition coefficient (Wildman–Crippen LogP) is 2.30. The number of hydrogen-bond acceptors (Lipinski definition) is 7. The SMILES string of the molecule is CCS(=O)(=O)N(CC(=O)N/N=C(/C)c1ccc([N+](=O)[O-])cc1)c1ccc(OC)cc1. The number of hydrogen-bond donors (Lipinski definition) is 1. The van der Waals surface area contributed by atoms with Crippen LogP contribution in [-0.4, -0.2) is 44.4 Å². The van der Waals surface area contributed by atoms with Crippen LogP contribution in [0.15, 0.2) is 53.6 Å². The van der Waals surface area contributed by atoms with Gasteiger partial charge in [-0.2, -0.15) is 5.10 Å². The van der Waals surface area contributed by atoms with Crippen molar-refractivity contribution in [3.05, 3.63) is 64.2 Å². The highest BCUT2D eigenvalue weighted by atomic mass is 32.2. The fourth-order valence-corrected chi connectivity index (χ4v) is 3.52. The maximum atomic E-state index is 12.5. The third-order valence-corrected chi connectivity index (χ3v) is 5.93. The molecule has 0 unspecified atom stereocenters. The first-order valence-electron chi connectivity index (χ1n) is 8.90. The van der Waals surface area contributed by atoms with Gasteiger partial charge in [0.05, 0.1) is 29.2 Å². The second-order valence-electron chi connectivity index (χ2n) is 6.14. The van der Waals surface area contributed by atoms with Crippen molar-refractivity contribution < 1.29 is 22.9 Å². The number of nitro groups is 1. The monoisotopic (exact) mass is 434 g/mol. The lowest BCUT2D eigenvalue weighted by Gasteiger charge is -2.23. The number of ether oxygens (including phenoxy) is 1. The molecule has 0 spiro atoms. The number of benzene rings is 2. The van der Waals surface area contributed by atoms with Crippen molar-refractivity contribution in [1.29, 1.82) is 0 Å². The van der Waals surface area contributed by atoms with Gasteiger partial charge in [-0.15, -0.1) is 0 Å². The van der Waals surface area contributed by atoms with Crippen LogP contribution in [0.5, 0.6) is 5.75 Å². The number of hydrazone groups is 1. The Hall–Kier alpha value is -3.47. The summed E-state index contributed by atoms with van der Waals surface area (Å²) in [5.74, 6) is -0.262. The van der Waals surface area contributed by atoms with Crippen LogP contribution in [-0.2, 0) is 14.8 Å². The van der Waals surface area contributed by atoms with Gasteiger partial charge in [-0.05, 0) is 55.8 Å². The molecule has 0 aliphatic rings. The van der Waals surface area contributed by atoms with Crippen molar-refractivity contribution in [3.8, 4) is 5.75 Å². The molecule has 2 rings (SSSR count). The van der Waals surface area contributed by atoms with Crippen molar-refractivity contribution >= 4 is 33.0 Å². The lowest BCUT2D eigenvalue weighted by Crippen LogP contribution is -2.40. The fourth-order valence-electron chi connectivity index (χ4n) is 2.46. The lowest BCUT2D eigenvalue weighted by atomic mass is 10.1. The van der Waals surface area contributed by atoms with Crippen molar-refractivity contribution in [3.63, 3.8) is 0 Å². The molecule has 0 saturated heterocycles. The van der Waals surface area contributed by atoms with Crippen LogP contribution in [0.4, 0.5) is 11.4 Å². The Kier molecular flexibility index (Phi) is 7.48. The summed E-state index contributed by atoms with van der Waals surface area (Å²) in [6.07, 6.45) is 0. The highest BCUT2D eigenvalue weighted by molar-refractivity contribution is 7.92. The number of sulfonamides is 1. The lowest BCUT2D eigenvalue weighted by molar-refractivity contribution is -0.384. The molecule has 0 aromatic heterocycles. The molecule has 1 amide bonds. The summed E-state index contributed by atoms with van der Waals surface area (Å²) in [5, 5.41) is 14.7. The molecule has 11 heteroatoms. The van der Waals surface area contributed by atoms with Crippen molar-refractivity contribution in [2.24, 2.45) is 5.10 Å². The van der Waals surface area contributed by atoms with Gasteiger partial charge in [-0.3, -0.25) is 19.2 Å². The minimum Gasteiger partial charge on any atom is -0.497 e. The molecule has 0 aliphatic heterocycles. The van der Waals surface area contributed by atoms with Gasteiger partial charge >= 0.3 is 0 Å². The van der Waals surface area contributed by atoms with Gasteiger partial charge in [0.25, 0.3) is 11.6 Å². The molecule has 1 N–H and O–H groups in total. The molecule has 0 atom stereocenters. The number of anilines is 1. The number of nitro benzene ring substituents is 1. The number of methoxy groups -OCH3 is 1. The number of carbonyl (C=O) groups excluding carboxylic acids is 1. The van der Waals surface area contributed by atoms with E-state index in [1.54, 1.807) is 31.2 Å². The topological polar surface area (TPSA) is 131 Å². The second-order valence-corrected chi connectivity index (χ2v) is 8.32. The van der Waals surface area contributed by atoms with Crippen LogP contribution in [0.2, 0.25) is 0 Å². The smallest absolute Gasteiger partial charge is 0.269 e. The number of rotatable bonds is 9. The maximum Gasteiger partial charge on any atom is 0.269 e. The first kappa shape index (κ1) is 22.8. The quantitative estimate of drug-likeness (QED) is 0.366. The molecule has 160 valence electrons. The summed E-state index contributed by atoms with van der Waals surface area (Å²) in [4.78, 5) is 22.6. The highest BCUT2D eigenvalue weighted by Gasteiger charge is 2.23. The minimum absolute atomic E-state index is 0.0597.